The third-order valence-corrected chi connectivity index (χ3v) is 3.20. The van der Waals surface area contributed by atoms with Crippen LogP contribution in [0.1, 0.15) is 32.4 Å². The van der Waals surface area contributed by atoms with Gasteiger partial charge in [-0.25, -0.2) is 0 Å². The van der Waals surface area contributed by atoms with Crippen LogP contribution in [0.15, 0.2) is 10.6 Å². The van der Waals surface area contributed by atoms with Gasteiger partial charge in [0.15, 0.2) is 0 Å². The van der Waals surface area contributed by atoms with E-state index in [1.807, 2.05) is 13.8 Å². The van der Waals surface area contributed by atoms with Crippen molar-refractivity contribution in [1.29, 1.82) is 0 Å². The first kappa shape index (κ1) is 14.0. The highest BCUT2D eigenvalue weighted by molar-refractivity contribution is 5.90. The molecule has 0 aliphatic carbocycles. The van der Waals surface area contributed by atoms with Crippen molar-refractivity contribution in [1.82, 2.24) is 15.4 Å². The van der Waals surface area contributed by atoms with Gasteiger partial charge >= 0.3 is 0 Å². The van der Waals surface area contributed by atoms with Crippen LogP contribution in [0.25, 0.3) is 0 Å². The number of hydrogen-bond donors (Lipinski definition) is 2. The highest BCUT2D eigenvalue weighted by Crippen LogP contribution is 2.17. The summed E-state index contributed by atoms with van der Waals surface area (Å²) in [6, 6.07) is 2.21. The first-order valence-corrected chi connectivity index (χ1v) is 6.77. The predicted molar refractivity (Wildman–Crippen MR) is 73.1 cm³/mol. The molecule has 0 unspecified atom stereocenters. The van der Waals surface area contributed by atoms with Crippen LogP contribution in [-0.4, -0.2) is 48.2 Å². The van der Waals surface area contributed by atoms with Crippen molar-refractivity contribution in [3.63, 3.8) is 0 Å². The number of carbonyl (C=O) groups is 1. The zero-order chi connectivity index (χ0) is 13.8. The maximum atomic E-state index is 11.9. The number of amides is 1. The second-order valence-corrected chi connectivity index (χ2v) is 5.41. The van der Waals surface area contributed by atoms with E-state index in [2.05, 4.69) is 27.6 Å². The van der Waals surface area contributed by atoms with Crippen molar-refractivity contribution < 1.29 is 9.32 Å². The van der Waals surface area contributed by atoms with Crippen LogP contribution in [0.2, 0.25) is 0 Å². The number of piperazine rings is 1. The summed E-state index contributed by atoms with van der Waals surface area (Å²) in [5.41, 5.74) is 0.853. The number of anilines is 1. The normalized spacial score (nSPS) is 20.7. The van der Waals surface area contributed by atoms with Gasteiger partial charge in [0.05, 0.1) is 12.2 Å². The van der Waals surface area contributed by atoms with Gasteiger partial charge in [0.1, 0.15) is 0 Å². The quantitative estimate of drug-likeness (QED) is 0.852. The minimum atomic E-state index is -0.0550. The van der Waals surface area contributed by atoms with Crippen molar-refractivity contribution in [2.75, 3.05) is 31.5 Å². The Balaban J connectivity index is 1.83. The van der Waals surface area contributed by atoms with Gasteiger partial charge in [-0.1, -0.05) is 19.0 Å². The Morgan fingerprint density at radius 3 is 3.11 bits per heavy atom. The van der Waals surface area contributed by atoms with Crippen LogP contribution in [-0.2, 0) is 4.79 Å². The highest BCUT2D eigenvalue weighted by Gasteiger charge is 2.18. The summed E-state index contributed by atoms with van der Waals surface area (Å²) in [7, 11) is 0. The summed E-state index contributed by atoms with van der Waals surface area (Å²) >= 11 is 0. The average Bonchev–Trinajstić information content (AvgIpc) is 2.77. The first-order valence-electron chi connectivity index (χ1n) is 6.77. The molecule has 1 atom stereocenters. The molecule has 0 bridgehead atoms. The molecule has 2 rings (SSSR count). The van der Waals surface area contributed by atoms with Crippen LogP contribution in [0.5, 0.6) is 0 Å². The topological polar surface area (TPSA) is 70.4 Å². The Labute approximate surface area is 113 Å². The molecule has 1 aromatic rings. The standard InChI is InChI=1S/C13H22N4O2/c1-9(2)11-6-13(19-16-11)15-12(18)8-17-5-4-14-10(3)7-17/h6,9-10,14H,4-5,7-8H2,1-3H3,(H,15,18)/t10-/m1/s1. The fourth-order valence-corrected chi connectivity index (χ4v) is 2.16. The van der Waals surface area contributed by atoms with E-state index in [9.17, 15) is 4.79 Å². The zero-order valence-electron chi connectivity index (χ0n) is 11.8. The smallest absolute Gasteiger partial charge is 0.240 e. The molecule has 1 saturated heterocycles. The Kier molecular flexibility index (Phi) is 4.55. The van der Waals surface area contributed by atoms with Crippen molar-refractivity contribution in [3.05, 3.63) is 11.8 Å². The van der Waals surface area contributed by atoms with Crippen LogP contribution in [0, 0.1) is 0 Å². The lowest BCUT2D eigenvalue weighted by atomic mass is 10.1. The maximum Gasteiger partial charge on any atom is 0.240 e. The molecule has 2 N–H and O–H groups in total. The van der Waals surface area contributed by atoms with E-state index < -0.39 is 0 Å². The minimum Gasteiger partial charge on any atom is -0.338 e. The number of hydrogen-bond acceptors (Lipinski definition) is 5. The van der Waals surface area contributed by atoms with Crippen molar-refractivity contribution >= 4 is 11.8 Å². The summed E-state index contributed by atoms with van der Waals surface area (Å²) in [5, 5.41) is 10.0. The summed E-state index contributed by atoms with van der Waals surface area (Å²) in [5.74, 6) is 0.667. The van der Waals surface area contributed by atoms with Gasteiger partial charge in [0.2, 0.25) is 11.8 Å². The maximum absolute atomic E-state index is 11.9. The molecule has 1 aromatic heterocycles. The molecule has 0 aromatic carbocycles. The number of nitrogens with one attached hydrogen (secondary N) is 2. The molecule has 6 nitrogen and oxygen atoms in total. The summed E-state index contributed by atoms with van der Waals surface area (Å²) < 4.78 is 5.09. The van der Waals surface area contributed by atoms with Crippen molar-refractivity contribution in [3.8, 4) is 0 Å². The van der Waals surface area contributed by atoms with Crippen LogP contribution in [0.4, 0.5) is 5.88 Å². The number of rotatable bonds is 4. The van der Waals surface area contributed by atoms with Crippen LogP contribution >= 0.6 is 0 Å². The summed E-state index contributed by atoms with van der Waals surface area (Å²) in [6.45, 7) is 9.29. The predicted octanol–water partition coefficient (Wildman–Crippen LogP) is 1.03. The molecule has 1 fully saturated rings. The van der Waals surface area contributed by atoms with E-state index in [1.54, 1.807) is 6.07 Å². The summed E-state index contributed by atoms with van der Waals surface area (Å²) in [6.07, 6.45) is 0. The zero-order valence-corrected chi connectivity index (χ0v) is 11.8. The first-order chi connectivity index (χ1) is 9.04. The largest absolute Gasteiger partial charge is 0.338 e. The highest BCUT2D eigenvalue weighted by atomic mass is 16.5. The Morgan fingerprint density at radius 2 is 2.47 bits per heavy atom. The van der Waals surface area contributed by atoms with Gasteiger partial charge in [-0.3, -0.25) is 15.0 Å². The van der Waals surface area contributed by atoms with Gasteiger partial charge in [-0.2, -0.15) is 0 Å². The number of aromatic nitrogens is 1. The molecule has 6 heteroatoms. The molecule has 1 aliphatic rings. The van der Waals surface area contributed by atoms with Gasteiger partial charge < -0.3 is 9.84 Å². The molecule has 1 amide bonds. The molecular weight excluding hydrogens is 244 g/mol. The summed E-state index contributed by atoms with van der Waals surface area (Å²) in [4.78, 5) is 14.0. The Bertz CT molecular complexity index is 430. The van der Waals surface area contributed by atoms with Gasteiger partial charge in [-0.05, 0) is 12.8 Å². The van der Waals surface area contributed by atoms with Crippen molar-refractivity contribution in [2.45, 2.75) is 32.7 Å². The lowest BCUT2D eigenvalue weighted by Gasteiger charge is -2.30. The Morgan fingerprint density at radius 1 is 1.68 bits per heavy atom. The van der Waals surface area contributed by atoms with Crippen molar-refractivity contribution in [2.24, 2.45) is 0 Å². The van der Waals surface area contributed by atoms with Crippen LogP contribution in [0.3, 0.4) is 0 Å². The van der Waals surface area contributed by atoms with Gasteiger partial charge in [-0.15, -0.1) is 0 Å². The van der Waals surface area contributed by atoms with Gasteiger partial charge in [0, 0.05) is 31.7 Å². The molecule has 1 aliphatic heterocycles. The van der Waals surface area contributed by atoms with Crippen LogP contribution < -0.4 is 10.6 Å². The van der Waals surface area contributed by atoms with E-state index in [1.165, 1.54) is 0 Å². The molecule has 19 heavy (non-hydrogen) atoms. The second-order valence-electron chi connectivity index (χ2n) is 5.41. The number of carbonyl (C=O) groups excluding carboxylic acids is 1. The van der Waals surface area contributed by atoms with E-state index in [4.69, 9.17) is 4.52 Å². The fraction of sp³-hybridized carbons (Fsp3) is 0.692. The fourth-order valence-electron chi connectivity index (χ4n) is 2.16. The average molecular weight is 266 g/mol. The molecule has 0 radical (unpaired) electrons. The SMILES string of the molecule is CC(C)c1cc(NC(=O)CN2CCN[C@H](C)C2)on1. The van der Waals surface area contributed by atoms with E-state index in [0.717, 1.165) is 25.3 Å². The minimum absolute atomic E-state index is 0.0550. The number of nitrogens with zero attached hydrogens (tertiary/aromatic N) is 2. The molecule has 2 heterocycles. The van der Waals surface area contributed by atoms with E-state index in [-0.39, 0.29) is 5.91 Å². The monoisotopic (exact) mass is 266 g/mol. The molecule has 0 spiro atoms. The third-order valence-electron chi connectivity index (χ3n) is 3.20. The molecule has 0 saturated carbocycles. The lowest BCUT2D eigenvalue weighted by Crippen LogP contribution is -2.51. The van der Waals surface area contributed by atoms with E-state index in [0.29, 0.717) is 24.4 Å². The lowest BCUT2D eigenvalue weighted by molar-refractivity contribution is -0.117. The third kappa shape index (κ3) is 4.04. The second kappa shape index (κ2) is 6.16. The van der Waals surface area contributed by atoms with E-state index >= 15 is 0 Å². The van der Waals surface area contributed by atoms with Gasteiger partial charge in [0.25, 0.3) is 0 Å². The molecule has 106 valence electrons. The molecular formula is C13H22N4O2. The Hall–Kier alpha value is -1.40.